The van der Waals surface area contributed by atoms with Gasteiger partial charge in [0, 0.05) is 11.6 Å². The molecule has 2 rings (SSSR count). The lowest BCUT2D eigenvalue weighted by atomic mass is 10.1. The molecule has 0 saturated heterocycles. The molecule has 32 heavy (non-hydrogen) atoms. The summed E-state index contributed by atoms with van der Waals surface area (Å²) >= 11 is 6.11. The van der Waals surface area contributed by atoms with Crippen LogP contribution in [0.4, 0.5) is 0 Å². The Morgan fingerprint density at radius 3 is 2.53 bits per heavy atom. The molecular formula is C23H27ClN2O5S. The lowest BCUT2D eigenvalue weighted by molar-refractivity contribution is -0.139. The molecule has 0 aliphatic carbocycles. The Bertz CT molecular complexity index is 1050. The highest BCUT2D eigenvalue weighted by atomic mass is 35.5. The lowest BCUT2D eigenvalue weighted by Gasteiger charge is -2.15. The van der Waals surface area contributed by atoms with Gasteiger partial charge in [-0.05, 0) is 62.2 Å². The predicted molar refractivity (Wildman–Crippen MR) is 124 cm³/mol. The molecule has 2 aromatic carbocycles. The number of ether oxygens (including phenoxy) is 1. The molecule has 7 nitrogen and oxygen atoms in total. The van der Waals surface area contributed by atoms with Gasteiger partial charge in [-0.15, -0.1) is 5.92 Å². The van der Waals surface area contributed by atoms with E-state index in [0.29, 0.717) is 36.7 Å². The molecule has 0 fully saturated rings. The second-order valence-electron chi connectivity index (χ2n) is 6.96. The van der Waals surface area contributed by atoms with Crippen LogP contribution < -0.4 is 14.8 Å². The standard InChI is InChI=1S/C23H27ClN2O5S/c1-2-3-16-31-19-11-13-20(14-12-19)32(29,30)26-22(23(27)28)10-6-7-15-25-17-18-8-4-5-9-21(18)24/h4-5,8-9,11-14,22,25-26H,6-7,10,15-17H2,1H3,(H,27,28). The highest BCUT2D eigenvalue weighted by Crippen LogP contribution is 2.17. The van der Waals surface area contributed by atoms with Crippen molar-refractivity contribution in [1.29, 1.82) is 0 Å². The number of hydrogen-bond donors (Lipinski definition) is 3. The van der Waals surface area contributed by atoms with E-state index in [1.165, 1.54) is 24.3 Å². The van der Waals surface area contributed by atoms with Gasteiger partial charge in [0.15, 0.2) is 0 Å². The number of unbranched alkanes of at least 4 members (excludes halogenated alkanes) is 1. The van der Waals surface area contributed by atoms with E-state index >= 15 is 0 Å². The molecule has 0 saturated carbocycles. The summed E-state index contributed by atoms with van der Waals surface area (Å²) in [6.45, 7) is 3.17. The number of carboxylic acid groups (broad SMARTS) is 1. The largest absolute Gasteiger partial charge is 0.481 e. The Labute approximate surface area is 194 Å². The van der Waals surface area contributed by atoms with Crippen LogP contribution in [0.3, 0.4) is 0 Å². The fraction of sp³-hybridized carbons (Fsp3) is 0.348. The Morgan fingerprint density at radius 2 is 1.88 bits per heavy atom. The van der Waals surface area contributed by atoms with Gasteiger partial charge in [-0.2, -0.15) is 4.72 Å². The summed E-state index contributed by atoms with van der Waals surface area (Å²) in [6, 6.07) is 12.1. The number of hydrogen-bond acceptors (Lipinski definition) is 5. The summed E-state index contributed by atoms with van der Waals surface area (Å²) in [4.78, 5) is 11.5. The van der Waals surface area contributed by atoms with Gasteiger partial charge in [-0.3, -0.25) is 4.79 Å². The van der Waals surface area contributed by atoms with Crippen LogP contribution in [0.2, 0.25) is 5.02 Å². The molecule has 9 heteroatoms. The molecule has 0 bridgehead atoms. The number of halogens is 1. The highest BCUT2D eigenvalue weighted by Gasteiger charge is 2.25. The summed E-state index contributed by atoms with van der Waals surface area (Å²) in [7, 11) is -3.98. The Balaban J connectivity index is 1.81. The predicted octanol–water partition coefficient (Wildman–Crippen LogP) is 3.43. The summed E-state index contributed by atoms with van der Waals surface area (Å²) in [5.74, 6) is 4.71. The zero-order valence-electron chi connectivity index (χ0n) is 17.8. The molecule has 0 spiro atoms. The molecule has 172 valence electrons. The molecule has 0 aromatic heterocycles. The number of carboxylic acids is 1. The number of carbonyl (C=O) groups is 1. The molecule has 3 N–H and O–H groups in total. The van der Waals surface area contributed by atoms with Crippen molar-refractivity contribution >= 4 is 27.6 Å². The summed E-state index contributed by atoms with van der Waals surface area (Å²) in [5.41, 5.74) is 0.986. The molecular weight excluding hydrogens is 452 g/mol. The van der Waals surface area contributed by atoms with Gasteiger partial charge in [0.1, 0.15) is 18.4 Å². The van der Waals surface area contributed by atoms with Crippen LogP contribution in [0.15, 0.2) is 53.4 Å². The first kappa shape index (κ1) is 25.7. The van der Waals surface area contributed by atoms with Gasteiger partial charge in [-0.1, -0.05) is 42.1 Å². The highest BCUT2D eigenvalue weighted by molar-refractivity contribution is 7.89. The number of aliphatic carboxylic acids is 1. The van der Waals surface area contributed by atoms with Crippen LogP contribution in [0.5, 0.6) is 5.75 Å². The second kappa shape index (κ2) is 13.1. The van der Waals surface area contributed by atoms with Gasteiger partial charge in [0.25, 0.3) is 0 Å². The monoisotopic (exact) mass is 478 g/mol. The van der Waals surface area contributed by atoms with E-state index in [9.17, 15) is 18.3 Å². The first-order valence-corrected chi connectivity index (χ1v) is 12.0. The average Bonchev–Trinajstić information content (AvgIpc) is 2.77. The Kier molecular flexibility index (Phi) is 10.5. The molecule has 2 aromatic rings. The quantitative estimate of drug-likeness (QED) is 0.301. The van der Waals surface area contributed by atoms with Crippen molar-refractivity contribution in [2.45, 2.75) is 43.7 Å². The maximum Gasteiger partial charge on any atom is 0.321 e. The third-order valence-electron chi connectivity index (χ3n) is 4.59. The van der Waals surface area contributed by atoms with Crippen molar-refractivity contribution in [1.82, 2.24) is 10.0 Å². The maximum atomic E-state index is 12.6. The van der Waals surface area contributed by atoms with Crippen LogP contribution in [-0.2, 0) is 21.4 Å². The van der Waals surface area contributed by atoms with Gasteiger partial charge in [0.2, 0.25) is 10.0 Å². The van der Waals surface area contributed by atoms with Crippen LogP contribution in [0.25, 0.3) is 0 Å². The minimum Gasteiger partial charge on any atom is -0.481 e. The van der Waals surface area contributed by atoms with Crippen molar-refractivity contribution in [2.75, 3.05) is 13.2 Å². The number of nitrogens with one attached hydrogen (secondary N) is 2. The zero-order chi connectivity index (χ0) is 23.4. The molecule has 0 heterocycles. The van der Waals surface area contributed by atoms with E-state index in [1.807, 2.05) is 24.3 Å². The molecule has 0 aliphatic rings. The minimum atomic E-state index is -3.98. The normalized spacial score (nSPS) is 11.9. The zero-order valence-corrected chi connectivity index (χ0v) is 19.4. The van der Waals surface area contributed by atoms with Crippen molar-refractivity contribution < 1.29 is 23.1 Å². The summed E-state index contributed by atoms with van der Waals surface area (Å²) < 4.78 is 32.8. The molecule has 1 unspecified atom stereocenters. The van der Waals surface area contributed by atoms with E-state index in [1.54, 1.807) is 6.92 Å². The van der Waals surface area contributed by atoms with E-state index in [4.69, 9.17) is 16.3 Å². The van der Waals surface area contributed by atoms with Crippen LogP contribution in [0.1, 0.15) is 31.7 Å². The van der Waals surface area contributed by atoms with E-state index in [2.05, 4.69) is 21.9 Å². The maximum absolute atomic E-state index is 12.6. The van der Waals surface area contributed by atoms with E-state index in [0.717, 1.165) is 5.56 Å². The van der Waals surface area contributed by atoms with Gasteiger partial charge in [-0.25, -0.2) is 8.42 Å². The number of benzene rings is 2. The topological polar surface area (TPSA) is 105 Å². The van der Waals surface area contributed by atoms with Crippen molar-refractivity contribution in [3.8, 4) is 17.6 Å². The van der Waals surface area contributed by atoms with Crippen molar-refractivity contribution in [2.24, 2.45) is 0 Å². The third-order valence-corrected chi connectivity index (χ3v) is 6.44. The Morgan fingerprint density at radius 1 is 1.16 bits per heavy atom. The molecule has 0 amide bonds. The molecule has 0 radical (unpaired) electrons. The first-order chi connectivity index (χ1) is 15.3. The van der Waals surface area contributed by atoms with E-state index < -0.39 is 22.0 Å². The average molecular weight is 479 g/mol. The summed E-state index contributed by atoms with van der Waals surface area (Å²) in [6.07, 6.45) is 1.42. The fourth-order valence-corrected chi connectivity index (χ4v) is 4.28. The molecule has 0 aliphatic heterocycles. The Hall–Kier alpha value is -2.57. The van der Waals surface area contributed by atoms with E-state index in [-0.39, 0.29) is 17.9 Å². The van der Waals surface area contributed by atoms with Gasteiger partial charge < -0.3 is 15.2 Å². The first-order valence-electron chi connectivity index (χ1n) is 10.1. The van der Waals surface area contributed by atoms with Crippen LogP contribution in [0, 0.1) is 11.8 Å². The van der Waals surface area contributed by atoms with Crippen LogP contribution >= 0.6 is 11.6 Å². The minimum absolute atomic E-state index is 0.0286. The second-order valence-corrected chi connectivity index (χ2v) is 9.08. The van der Waals surface area contributed by atoms with Gasteiger partial charge in [0.05, 0.1) is 4.90 Å². The number of sulfonamides is 1. The molecule has 1 atom stereocenters. The smallest absolute Gasteiger partial charge is 0.321 e. The van der Waals surface area contributed by atoms with Gasteiger partial charge >= 0.3 is 5.97 Å². The van der Waals surface area contributed by atoms with Crippen molar-refractivity contribution in [3.63, 3.8) is 0 Å². The van der Waals surface area contributed by atoms with Crippen molar-refractivity contribution in [3.05, 3.63) is 59.1 Å². The SMILES string of the molecule is CC#CCOc1ccc(S(=O)(=O)NC(CCCCNCc2ccccc2Cl)C(=O)O)cc1. The number of rotatable bonds is 13. The summed E-state index contributed by atoms with van der Waals surface area (Å²) in [5, 5.41) is 13.4. The fourth-order valence-electron chi connectivity index (χ4n) is 2.86. The van der Waals surface area contributed by atoms with Crippen LogP contribution in [-0.4, -0.2) is 38.7 Å². The lowest BCUT2D eigenvalue weighted by Crippen LogP contribution is -2.40. The third kappa shape index (κ3) is 8.52.